The molecule has 1 aliphatic heterocycles. The van der Waals surface area contributed by atoms with E-state index in [4.69, 9.17) is 0 Å². The van der Waals surface area contributed by atoms with Crippen LogP contribution in [0, 0.1) is 5.82 Å². The van der Waals surface area contributed by atoms with Gasteiger partial charge in [0.2, 0.25) is 0 Å². The average molecular weight is 332 g/mol. The van der Waals surface area contributed by atoms with Gasteiger partial charge in [-0.2, -0.15) is 5.10 Å². The molecular formula is C16H21FN6O. The number of anilines is 2. The van der Waals surface area contributed by atoms with Crippen LogP contribution in [0.3, 0.4) is 0 Å². The summed E-state index contributed by atoms with van der Waals surface area (Å²) < 4.78 is 15.9. The first-order valence-corrected chi connectivity index (χ1v) is 8.01. The molecule has 0 N–H and O–H groups in total. The highest BCUT2D eigenvalue weighted by Gasteiger charge is 2.23. The van der Waals surface area contributed by atoms with Crippen molar-refractivity contribution in [2.24, 2.45) is 7.05 Å². The number of nitrogens with zero attached hydrogens (tertiary/aromatic N) is 6. The number of halogens is 1. The van der Waals surface area contributed by atoms with Crippen LogP contribution in [0.25, 0.3) is 0 Å². The van der Waals surface area contributed by atoms with Crippen molar-refractivity contribution in [1.29, 1.82) is 0 Å². The molecule has 0 bridgehead atoms. The highest BCUT2D eigenvalue weighted by Crippen LogP contribution is 2.24. The summed E-state index contributed by atoms with van der Waals surface area (Å²) >= 11 is 0. The van der Waals surface area contributed by atoms with Crippen LogP contribution in [0.1, 0.15) is 25.5 Å². The smallest absolute Gasteiger partial charge is 0.268 e. The molecule has 24 heavy (non-hydrogen) atoms. The summed E-state index contributed by atoms with van der Waals surface area (Å²) in [7, 11) is 1.62. The Kier molecular flexibility index (Phi) is 4.46. The number of rotatable bonds is 3. The zero-order valence-corrected chi connectivity index (χ0v) is 14.1. The van der Waals surface area contributed by atoms with Gasteiger partial charge in [-0.1, -0.05) is 13.8 Å². The van der Waals surface area contributed by atoms with E-state index in [-0.39, 0.29) is 17.3 Å². The van der Waals surface area contributed by atoms with Crippen LogP contribution < -0.4 is 15.4 Å². The van der Waals surface area contributed by atoms with Gasteiger partial charge in [-0.25, -0.2) is 19.0 Å². The van der Waals surface area contributed by atoms with Crippen LogP contribution >= 0.6 is 0 Å². The normalized spacial score (nSPS) is 15.2. The lowest BCUT2D eigenvalue weighted by Gasteiger charge is -2.36. The van der Waals surface area contributed by atoms with Crippen LogP contribution in [0.4, 0.5) is 15.9 Å². The molecule has 0 radical (unpaired) electrons. The van der Waals surface area contributed by atoms with Gasteiger partial charge in [-0.05, 0) is 5.92 Å². The zero-order valence-electron chi connectivity index (χ0n) is 14.1. The summed E-state index contributed by atoms with van der Waals surface area (Å²) in [6, 6.07) is 1.57. The molecule has 7 nitrogen and oxygen atoms in total. The van der Waals surface area contributed by atoms with Gasteiger partial charge in [0, 0.05) is 39.3 Å². The molecule has 128 valence electrons. The van der Waals surface area contributed by atoms with Gasteiger partial charge in [-0.15, -0.1) is 0 Å². The van der Waals surface area contributed by atoms with Crippen LogP contribution in [0.5, 0.6) is 0 Å². The van der Waals surface area contributed by atoms with Crippen LogP contribution in [0.15, 0.2) is 23.4 Å². The van der Waals surface area contributed by atoms with Gasteiger partial charge in [0.1, 0.15) is 6.33 Å². The van der Waals surface area contributed by atoms with E-state index in [1.165, 1.54) is 11.0 Å². The lowest BCUT2D eigenvalue weighted by Crippen LogP contribution is -2.47. The largest absolute Gasteiger partial charge is 0.367 e. The van der Waals surface area contributed by atoms with E-state index in [0.717, 1.165) is 5.69 Å². The van der Waals surface area contributed by atoms with Crippen molar-refractivity contribution < 1.29 is 4.39 Å². The maximum absolute atomic E-state index is 14.6. The second kappa shape index (κ2) is 6.54. The molecule has 0 unspecified atom stereocenters. The Morgan fingerprint density at radius 1 is 1.12 bits per heavy atom. The Bertz CT molecular complexity index is 782. The van der Waals surface area contributed by atoms with Crippen LogP contribution in [-0.2, 0) is 7.05 Å². The Morgan fingerprint density at radius 2 is 1.79 bits per heavy atom. The quantitative estimate of drug-likeness (QED) is 0.840. The Hall–Kier alpha value is -2.51. The maximum atomic E-state index is 14.6. The van der Waals surface area contributed by atoms with Crippen molar-refractivity contribution in [1.82, 2.24) is 19.7 Å². The van der Waals surface area contributed by atoms with Gasteiger partial charge in [0.25, 0.3) is 5.56 Å². The minimum atomic E-state index is -0.337. The molecule has 0 spiro atoms. The first kappa shape index (κ1) is 16.4. The fourth-order valence-electron chi connectivity index (χ4n) is 2.81. The number of aryl methyl sites for hydroxylation is 1. The van der Waals surface area contributed by atoms with Crippen LogP contribution in [0.2, 0.25) is 0 Å². The topological polar surface area (TPSA) is 67.2 Å². The third kappa shape index (κ3) is 3.08. The molecule has 2 aromatic rings. The summed E-state index contributed by atoms with van der Waals surface area (Å²) in [5, 5.41) is 4.04. The first-order chi connectivity index (χ1) is 11.5. The molecule has 8 heteroatoms. The van der Waals surface area contributed by atoms with E-state index in [0.29, 0.717) is 37.7 Å². The molecular weight excluding hydrogens is 311 g/mol. The van der Waals surface area contributed by atoms with E-state index in [1.807, 2.05) is 18.7 Å². The molecule has 3 heterocycles. The Balaban J connectivity index is 1.74. The monoisotopic (exact) mass is 332 g/mol. The summed E-state index contributed by atoms with van der Waals surface area (Å²) in [6.45, 7) is 6.43. The van der Waals surface area contributed by atoms with E-state index in [9.17, 15) is 9.18 Å². The van der Waals surface area contributed by atoms with E-state index >= 15 is 0 Å². The molecule has 2 aromatic heterocycles. The van der Waals surface area contributed by atoms with Crippen molar-refractivity contribution >= 4 is 11.5 Å². The van der Waals surface area contributed by atoms with Crippen molar-refractivity contribution in [2.75, 3.05) is 36.0 Å². The van der Waals surface area contributed by atoms with Crippen molar-refractivity contribution in [3.05, 3.63) is 40.5 Å². The SMILES string of the molecule is CC(C)c1ncnc(N2CCN(c3cnn(C)c(=O)c3)CC2)c1F. The van der Waals surface area contributed by atoms with E-state index in [2.05, 4.69) is 20.0 Å². The second-order valence-electron chi connectivity index (χ2n) is 6.20. The number of aromatic nitrogens is 4. The standard InChI is InChI=1S/C16H21FN6O/c1-11(2)15-14(17)16(19-10-18-15)23-6-4-22(5-7-23)12-8-13(24)21(3)20-9-12/h8-11H,4-7H2,1-3H3. The molecule has 1 saturated heterocycles. The van der Waals surface area contributed by atoms with Crippen molar-refractivity contribution in [3.63, 3.8) is 0 Å². The van der Waals surface area contributed by atoms with E-state index < -0.39 is 0 Å². The van der Waals surface area contributed by atoms with Gasteiger partial charge in [-0.3, -0.25) is 4.79 Å². The zero-order chi connectivity index (χ0) is 17.3. The summed E-state index contributed by atoms with van der Waals surface area (Å²) in [6.07, 6.45) is 3.10. The Labute approximate surface area is 139 Å². The lowest BCUT2D eigenvalue weighted by atomic mass is 10.1. The summed E-state index contributed by atoms with van der Waals surface area (Å²) in [5.74, 6) is 0.0336. The third-order valence-corrected chi connectivity index (χ3v) is 4.24. The fraction of sp³-hybridized carbons (Fsp3) is 0.500. The molecule has 0 aromatic carbocycles. The molecule has 1 fully saturated rings. The van der Waals surface area contributed by atoms with Crippen molar-refractivity contribution in [2.45, 2.75) is 19.8 Å². The molecule has 0 aliphatic carbocycles. The lowest BCUT2D eigenvalue weighted by molar-refractivity contribution is 0.556. The van der Waals surface area contributed by atoms with E-state index in [1.54, 1.807) is 19.3 Å². The van der Waals surface area contributed by atoms with Crippen molar-refractivity contribution in [3.8, 4) is 0 Å². The number of hydrogen-bond acceptors (Lipinski definition) is 6. The molecule has 1 aliphatic rings. The molecule has 3 rings (SSSR count). The summed E-state index contributed by atoms with van der Waals surface area (Å²) in [5.41, 5.74) is 1.10. The van der Waals surface area contributed by atoms with Gasteiger partial charge in [0.05, 0.1) is 17.6 Å². The molecule has 0 atom stereocenters. The Morgan fingerprint density at radius 3 is 2.42 bits per heavy atom. The van der Waals surface area contributed by atoms with Gasteiger partial charge in [0.15, 0.2) is 11.6 Å². The maximum Gasteiger partial charge on any atom is 0.268 e. The minimum Gasteiger partial charge on any atom is -0.367 e. The van der Waals surface area contributed by atoms with Crippen LogP contribution in [-0.4, -0.2) is 45.9 Å². The number of piperazine rings is 1. The predicted molar refractivity (Wildman–Crippen MR) is 90.0 cm³/mol. The predicted octanol–water partition coefficient (Wildman–Crippen LogP) is 1.16. The third-order valence-electron chi connectivity index (χ3n) is 4.24. The van der Waals surface area contributed by atoms with Gasteiger partial charge < -0.3 is 9.80 Å². The fourth-order valence-corrected chi connectivity index (χ4v) is 2.81. The molecule has 0 amide bonds. The first-order valence-electron chi connectivity index (χ1n) is 8.01. The molecule has 0 saturated carbocycles. The highest BCUT2D eigenvalue weighted by molar-refractivity contribution is 5.48. The summed E-state index contributed by atoms with van der Waals surface area (Å²) in [4.78, 5) is 23.9. The number of hydrogen-bond donors (Lipinski definition) is 0. The highest BCUT2D eigenvalue weighted by atomic mass is 19.1. The minimum absolute atomic E-state index is 0.0136. The van der Waals surface area contributed by atoms with Gasteiger partial charge >= 0.3 is 0 Å². The average Bonchev–Trinajstić information content (AvgIpc) is 2.57. The second-order valence-corrected chi connectivity index (χ2v) is 6.20.